The van der Waals surface area contributed by atoms with E-state index in [4.69, 9.17) is 9.47 Å². The average molecular weight is 368 g/mol. The van der Waals surface area contributed by atoms with Crippen LogP contribution >= 0.6 is 0 Å². The Morgan fingerprint density at radius 1 is 1.20 bits per heavy atom. The second-order valence-corrected chi connectivity index (χ2v) is 8.35. The maximum Gasteiger partial charge on any atom is 0.238 e. The van der Waals surface area contributed by atoms with Crippen LogP contribution in [0.5, 0.6) is 0 Å². The maximum absolute atomic E-state index is 12.6. The number of ether oxygens (including phenoxy) is 2. The predicted molar refractivity (Wildman–Crippen MR) is 92.7 cm³/mol. The molecule has 1 saturated heterocycles. The smallest absolute Gasteiger partial charge is 0.238 e. The Hall–Kier alpha value is -1.48. The predicted octanol–water partition coefficient (Wildman–Crippen LogP) is 0.421. The molecule has 138 valence electrons. The van der Waals surface area contributed by atoms with E-state index >= 15 is 0 Å². The van der Waals surface area contributed by atoms with Crippen LogP contribution in [0.1, 0.15) is 17.2 Å². The van der Waals surface area contributed by atoms with E-state index < -0.39 is 10.0 Å². The van der Waals surface area contributed by atoms with Crippen molar-refractivity contribution in [2.75, 3.05) is 52.3 Å². The molecule has 0 N–H and O–H groups in total. The van der Waals surface area contributed by atoms with Crippen LogP contribution in [0.15, 0.2) is 24.3 Å². The Kier molecular flexibility index (Phi) is 5.73. The first-order valence-corrected chi connectivity index (χ1v) is 10.1. The monoisotopic (exact) mass is 368 g/mol. The second-order valence-electron chi connectivity index (χ2n) is 6.27. The lowest BCUT2D eigenvalue weighted by atomic mass is 9.91. The summed E-state index contributed by atoms with van der Waals surface area (Å²) in [6.45, 7) is 1.75. The molecule has 0 bridgehead atoms. The third-order valence-electron chi connectivity index (χ3n) is 4.73. The molecule has 1 unspecified atom stereocenters. The number of carbonyl (C=O) groups is 1. The molecule has 2 aliphatic rings. The van der Waals surface area contributed by atoms with Gasteiger partial charge in [0.1, 0.15) is 0 Å². The zero-order valence-electron chi connectivity index (χ0n) is 14.4. The fourth-order valence-electron chi connectivity index (χ4n) is 3.40. The molecule has 0 saturated carbocycles. The average Bonchev–Trinajstić information content (AvgIpc) is 2.61. The van der Waals surface area contributed by atoms with Crippen molar-refractivity contribution < 1.29 is 22.7 Å². The molecular formula is C17H24N2O5S. The summed E-state index contributed by atoms with van der Waals surface area (Å²) in [5.41, 5.74) is 2.25. The number of hydrogen-bond acceptors (Lipinski definition) is 5. The van der Waals surface area contributed by atoms with Gasteiger partial charge in [0.05, 0.1) is 38.2 Å². The molecule has 1 atom stereocenters. The summed E-state index contributed by atoms with van der Waals surface area (Å²) in [5, 5.41) is 0. The van der Waals surface area contributed by atoms with Crippen LogP contribution in [-0.2, 0) is 30.7 Å². The molecule has 1 fully saturated rings. The van der Waals surface area contributed by atoms with Crippen molar-refractivity contribution >= 4 is 15.9 Å². The molecule has 2 aliphatic heterocycles. The van der Waals surface area contributed by atoms with Gasteiger partial charge in [-0.3, -0.25) is 4.79 Å². The first-order valence-electron chi connectivity index (χ1n) is 8.44. The third-order valence-corrected chi connectivity index (χ3v) is 6.48. The molecule has 25 heavy (non-hydrogen) atoms. The second kappa shape index (κ2) is 7.82. The lowest BCUT2D eigenvalue weighted by Crippen LogP contribution is -2.56. The van der Waals surface area contributed by atoms with Crippen molar-refractivity contribution in [3.8, 4) is 0 Å². The highest BCUT2D eigenvalue weighted by Crippen LogP contribution is 2.33. The zero-order valence-corrected chi connectivity index (χ0v) is 15.2. The van der Waals surface area contributed by atoms with E-state index in [1.165, 1.54) is 9.87 Å². The minimum absolute atomic E-state index is 0.0843. The Morgan fingerprint density at radius 3 is 2.80 bits per heavy atom. The number of benzene rings is 1. The van der Waals surface area contributed by atoms with Gasteiger partial charge >= 0.3 is 0 Å². The number of amides is 1. The van der Waals surface area contributed by atoms with Crippen LogP contribution in [-0.4, -0.2) is 75.8 Å². The van der Waals surface area contributed by atoms with Gasteiger partial charge in [-0.05, 0) is 17.5 Å². The molecule has 0 radical (unpaired) electrons. The van der Waals surface area contributed by atoms with Crippen molar-refractivity contribution in [3.63, 3.8) is 0 Å². The number of rotatable bonds is 7. The van der Waals surface area contributed by atoms with Gasteiger partial charge in [-0.2, -0.15) is 4.31 Å². The largest absolute Gasteiger partial charge is 0.382 e. The standard InChI is InChI=1S/C17H24N2O5S/c1-23-8-9-24-10-11-25(21,22)18-12-16-15-5-3-2-4-14(15)6-7-19(16)17(20)13-18/h2-5,16H,6-13H2,1H3. The van der Waals surface area contributed by atoms with Crippen LogP contribution < -0.4 is 0 Å². The Bertz CT molecular complexity index is 722. The van der Waals surface area contributed by atoms with Crippen LogP contribution in [0.3, 0.4) is 0 Å². The van der Waals surface area contributed by atoms with Crippen molar-refractivity contribution in [1.82, 2.24) is 9.21 Å². The van der Waals surface area contributed by atoms with Crippen LogP contribution in [0.4, 0.5) is 0 Å². The summed E-state index contributed by atoms with van der Waals surface area (Å²) in [6, 6.07) is 7.75. The van der Waals surface area contributed by atoms with Crippen LogP contribution in [0, 0.1) is 0 Å². The molecule has 7 nitrogen and oxygen atoms in total. The van der Waals surface area contributed by atoms with Crippen molar-refractivity contribution in [3.05, 3.63) is 35.4 Å². The number of fused-ring (bicyclic) bond motifs is 3. The Labute approximate surface area is 148 Å². The van der Waals surface area contributed by atoms with Gasteiger partial charge in [0.25, 0.3) is 0 Å². The number of sulfonamides is 1. The highest BCUT2D eigenvalue weighted by molar-refractivity contribution is 7.89. The first kappa shape index (κ1) is 18.3. The van der Waals surface area contributed by atoms with Crippen molar-refractivity contribution in [1.29, 1.82) is 0 Å². The first-order chi connectivity index (χ1) is 12.0. The third kappa shape index (κ3) is 4.03. The molecule has 0 aromatic heterocycles. The van der Waals surface area contributed by atoms with Gasteiger partial charge < -0.3 is 14.4 Å². The lowest BCUT2D eigenvalue weighted by Gasteiger charge is -2.44. The normalized spacial score (nSPS) is 21.1. The summed E-state index contributed by atoms with van der Waals surface area (Å²) in [7, 11) is -1.97. The topological polar surface area (TPSA) is 76.1 Å². The SMILES string of the molecule is COCCOCCS(=O)(=O)N1CC(=O)N2CCc3ccccc3C2C1. The molecular weight excluding hydrogens is 344 g/mol. The van der Waals surface area contributed by atoms with Gasteiger partial charge in [0.15, 0.2) is 0 Å². The molecule has 1 aromatic rings. The quantitative estimate of drug-likeness (QED) is 0.652. The number of hydrogen-bond donors (Lipinski definition) is 0. The summed E-state index contributed by atoms with van der Waals surface area (Å²) >= 11 is 0. The van der Waals surface area contributed by atoms with E-state index in [2.05, 4.69) is 0 Å². The highest BCUT2D eigenvalue weighted by Gasteiger charge is 2.40. The summed E-state index contributed by atoms with van der Waals surface area (Å²) in [6.07, 6.45) is 0.818. The number of piperazine rings is 1. The van der Waals surface area contributed by atoms with Gasteiger partial charge in [-0.1, -0.05) is 24.3 Å². The number of carbonyl (C=O) groups excluding carboxylic acids is 1. The maximum atomic E-state index is 12.6. The zero-order chi connectivity index (χ0) is 17.9. The lowest BCUT2D eigenvalue weighted by molar-refractivity contribution is -0.138. The van der Waals surface area contributed by atoms with Gasteiger partial charge in [-0.25, -0.2) is 8.42 Å². The van der Waals surface area contributed by atoms with Gasteiger partial charge in [0, 0.05) is 20.2 Å². The fourth-order valence-corrected chi connectivity index (χ4v) is 4.66. The van der Waals surface area contributed by atoms with E-state index in [0.29, 0.717) is 26.3 Å². The van der Waals surface area contributed by atoms with Gasteiger partial charge in [-0.15, -0.1) is 0 Å². The molecule has 0 aliphatic carbocycles. The molecule has 0 spiro atoms. The van der Waals surface area contributed by atoms with E-state index in [0.717, 1.165) is 12.0 Å². The fraction of sp³-hybridized carbons (Fsp3) is 0.588. The molecule has 2 heterocycles. The minimum Gasteiger partial charge on any atom is -0.382 e. The van der Waals surface area contributed by atoms with Gasteiger partial charge in [0.2, 0.25) is 15.9 Å². The van der Waals surface area contributed by atoms with E-state index in [-0.39, 0.29) is 30.9 Å². The molecule has 1 amide bonds. The number of methoxy groups -OCH3 is 1. The minimum atomic E-state index is -3.54. The van der Waals surface area contributed by atoms with Crippen LogP contribution in [0.2, 0.25) is 0 Å². The molecule has 1 aromatic carbocycles. The Balaban J connectivity index is 1.70. The van der Waals surface area contributed by atoms with E-state index in [1.807, 2.05) is 29.2 Å². The summed E-state index contributed by atoms with van der Waals surface area (Å²) in [5.74, 6) is -0.257. The van der Waals surface area contributed by atoms with E-state index in [1.54, 1.807) is 7.11 Å². The highest BCUT2D eigenvalue weighted by atomic mass is 32.2. The van der Waals surface area contributed by atoms with Crippen molar-refractivity contribution in [2.45, 2.75) is 12.5 Å². The number of nitrogens with zero attached hydrogens (tertiary/aromatic N) is 2. The Morgan fingerprint density at radius 2 is 2.00 bits per heavy atom. The van der Waals surface area contributed by atoms with Crippen molar-refractivity contribution in [2.24, 2.45) is 0 Å². The molecule has 8 heteroatoms. The van der Waals surface area contributed by atoms with Crippen LogP contribution in [0.25, 0.3) is 0 Å². The summed E-state index contributed by atoms with van der Waals surface area (Å²) < 4.78 is 36.6. The molecule has 3 rings (SSSR count). The van der Waals surface area contributed by atoms with E-state index in [9.17, 15) is 13.2 Å². The summed E-state index contributed by atoms with van der Waals surface area (Å²) in [4.78, 5) is 14.3.